The molecule has 1 saturated carbocycles. The second-order valence-electron chi connectivity index (χ2n) is 4.69. The monoisotopic (exact) mass is 214 g/mol. The first-order valence-corrected chi connectivity index (χ1v) is 6.22. The van der Waals surface area contributed by atoms with Gasteiger partial charge in [-0.25, -0.2) is 0 Å². The van der Waals surface area contributed by atoms with E-state index in [9.17, 15) is 0 Å². The Balaban J connectivity index is 1.64. The first-order chi connectivity index (χ1) is 7.93. The lowest BCUT2D eigenvalue weighted by Gasteiger charge is -2.26. The van der Waals surface area contributed by atoms with Crippen molar-refractivity contribution in [2.24, 2.45) is 0 Å². The molecule has 0 amide bonds. The molecule has 1 fully saturated rings. The van der Waals surface area contributed by atoms with E-state index in [0.717, 1.165) is 19.0 Å². The van der Waals surface area contributed by atoms with Gasteiger partial charge in [-0.15, -0.1) is 0 Å². The lowest BCUT2D eigenvalue weighted by Crippen LogP contribution is -2.36. The first kappa shape index (κ1) is 9.91. The lowest BCUT2D eigenvalue weighted by molar-refractivity contribution is 0.342. The van der Waals surface area contributed by atoms with Crippen LogP contribution in [0.3, 0.4) is 0 Å². The number of aromatic nitrogens is 1. The van der Waals surface area contributed by atoms with Crippen molar-refractivity contribution in [1.29, 1.82) is 0 Å². The number of rotatable bonds is 4. The molecular formula is C14H18N2. The first-order valence-electron chi connectivity index (χ1n) is 6.22. The summed E-state index contributed by atoms with van der Waals surface area (Å²) in [5.41, 5.74) is 2.68. The van der Waals surface area contributed by atoms with Crippen molar-refractivity contribution in [3.63, 3.8) is 0 Å². The Bertz CT molecular complexity index is 468. The standard InChI is InChI=1S/C14H18N2/c1-2-7-14-13(6-1)11(10-16-14)8-9-15-12-4-3-5-12/h1-2,6-7,10,12,15-16H,3-5,8-9H2. The van der Waals surface area contributed by atoms with Gasteiger partial charge in [0.1, 0.15) is 0 Å². The molecule has 0 aliphatic heterocycles. The zero-order valence-electron chi connectivity index (χ0n) is 9.50. The Morgan fingerprint density at radius 1 is 1.25 bits per heavy atom. The molecule has 0 unspecified atom stereocenters. The summed E-state index contributed by atoms with van der Waals surface area (Å²) < 4.78 is 0. The van der Waals surface area contributed by atoms with E-state index >= 15 is 0 Å². The van der Waals surface area contributed by atoms with Crippen LogP contribution in [0.4, 0.5) is 0 Å². The maximum atomic E-state index is 3.61. The van der Waals surface area contributed by atoms with Gasteiger partial charge in [-0.2, -0.15) is 0 Å². The van der Waals surface area contributed by atoms with Gasteiger partial charge >= 0.3 is 0 Å². The number of nitrogens with one attached hydrogen (secondary N) is 2. The molecule has 2 heteroatoms. The van der Waals surface area contributed by atoms with Gasteiger partial charge in [0.25, 0.3) is 0 Å². The fourth-order valence-electron chi connectivity index (χ4n) is 2.36. The van der Waals surface area contributed by atoms with Crippen LogP contribution in [0.5, 0.6) is 0 Å². The molecule has 0 bridgehead atoms. The van der Waals surface area contributed by atoms with E-state index in [-0.39, 0.29) is 0 Å². The van der Waals surface area contributed by atoms with Gasteiger partial charge in [0.05, 0.1) is 0 Å². The number of para-hydroxylation sites is 1. The van der Waals surface area contributed by atoms with E-state index in [4.69, 9.17) is 0 Å². The van der Waals surface area contributed by atoms with Gasteiger partial charge in [0, 0.05) is 23.1 Å². The third-order valence-corrected chi connectivity index (χ3v) is 3.61. The summed E-state index contributed by atoms with van der Waals surface area (Å²) >= 11 is 0. The summed E-state index contributed by atoms with van der Waals surface area (Å²) in [6.07, 6.45) is 7.42. The van der Waals surface area contributed by atoms with Crippen LogP contribution in [0, 0.1) is 0 Å². The summed E-state index contributed by atoms with van der Waals surface area (Å²) in [7, 11) is 0. The molecule has 0 saturated heterocycles. The minimum Gasteiger partial charge on any atom is -0.361 e. The third kappa shape index (κ3) is 1.85. The second-order valence-corrected chi connectivity index (χ2v) is 4.69. The van der Waals surface area contributed by atoms with Crippen molar-refractivity contribution in [1.82, 2.24) is 10.3 Å². The molecule has 1 heterocycles. The lowest BCUT2D eigenvalue weighted by atomic mass is 9.93. The number of hydrogen-bond donors (Lipinski definition) is 2. The van der Waals surface area contributed by atoms with Crippen molar-refractivity contribution in [3.8, 4) is 0 Å². The Kier molecular flexibility index (Phi) is 2.66. The highest BCUT2D eigenvalue weighted by molar-refractivity contribution is 5.83. The largest absolute Gasteiger partial charge is 0.361 e. The summed E-state index contributed by atoms with van der Waals surface area (Å²) in [6.45, 7) is 1.10. The SMILES string of the molecule is c1ccc2c(CCNC3CCC3)c[nH]c2c1. The third-order valence-electron chi connectivity index (χ3n) is 3.61. The minimum absolute atomic E-state index is 0.796. The molecule has 2 N–H and O–H groups in total. The maximum Gasteiger partial charge on any atom is 0.0456 e. The normalized spacial score (nSPS) is 16.5. The Labute approximate surface area is 96.1 Å². The Morgan fingerprint density at radius 3 is 2.94 bits per heavy atom. The molecule has 2 nitrogen and oxygen atoms in total. The van der Waals surface area contributed by atoms with Crippen LogP contribution in [-0.4, -0.2) is 17.6 Å². The van der Waals surface area contributed by atoms with Crippen molar-refractivity contribution in [3.05, 3.63) is 36.0 Å². The fraction of sp³-hybridized carbons (Fsp3) is 0.429. The fourth-order valence-corrected chi connectivity index (χ4v) is 2.36. The zero-order chi connectivity index (χ0) is 10.8. The molecule has 1 aromatic carbocycles. The summed E-state index contributed by atoms with van der Waals surface area (Å²) in [5.74, 6) is 0. The van der Waals surface area contributed by atoms with Crippen LogP contribution in [0.1, 0.15) is 24.8 Å². The smallest absolute Gasteiger partial charge is 0.0456 e. The molecule has 16 heavy (non-hydrogen) atoms. The van der Waals surface area contributed by atoms with Crippen molar-refractivity contribution < 1.29 is 0 Å². The molecule has 1 aliphatic carbocycles. The highest BCUT2D eigenvalue weighted by atomic mass is 14.9. The van der Waals surface area contributed by atoms with Crippen molar-refractivity contribution in [2.75, 3.05) is 6.54 Å². The highest BCUT2D eigenvalue weighted by Gasteiger charge is 2.15. The predicted octanol–water partition coefficient (Wildman–Crippen LogP) is 2.85. The maximum absolute atomic E-state index is 3.61. The molecule has 0 radical (unpaired) electrons. The summed E-state index contributed by atoms with van der Waals surface area (Å²) in [5, 5.41) is 4.98. The van der Waals surface area contributed by atoms with Gasteiger partial charge in [0.15, 0.2) is 0 Å². The van der Waals surface area contributed by atoms with Gasteiger partial charge in [-0.05, 0) is 37.4 Å². The summed E-state index contributed by atoms with van der Waals surface area (Å²) in [4.78, 5) is 3.33. The quantitative estimate of drug-likeness (QED) is 0.804. The molecule has 1 aliphatic rings. The van der Waals surface area contributed by atoms with Crippen LogP contribution >= 0.6 is 0 Å². The Morgan fingerprint density at radius 2 is 2.12 bits per heavy atom. The average molecular weight is 214 g/mol. The number of aromatic amines is 1. The van der Waals surface area contributed by atoms with Crippen LogP contribution < -0.4 is 5.32 Å². The number of benzene rings is 1. The van der Waals surface area contributed by atoms with Gasteiger partial charge in [-0.1, -0.05) is 24.6 Å². The van der Waals surface area contributed by atoms with E-state index in [1.165, 1.54) is 35.7 Å². The zero-order valence-corrected chi connectivity index (χ0v) is 9.50. The van der Waals surface area contributed by atoms with Crippen LogP contribution in [0.25, 0.3) is 10.9 Å². The molecule has 2 aromatic rings. The molecule has 3 rings (SSSR count). The highest BCUT2D eigenvalue weighted by Crippen LogP contribution is 2.19. The number of H-pyrrole nitrogens is 1. The van der Waals surface area contributed by atoms with E-state index in [1.807, 2.05) is 0 Å². The van der Waals surface area contributed by atoms with Gasteiger partial charge < -0.3 is 10.3 Å². The minimum atomic E-state index is 0.796. The summed E-state index contributed by atoms with van der Waals surface area (Å²) in [6, 6.07) is 9.32. The van der Waals surface area contributed by atoms with Crippen LogP contribution in [0.2, 0.25) is 0 Å². The molecule has 84 valence electrons. The molecule has 1 aromatic heterocycles. The van der Waals surface area contributed by atoms with Crippen molar-refractivity contribution in [2.45, 2.75) is 31.7 Å². The van der Waals surface area contributed by atoms with Crippen LogP contribution in [-0.2, 0) is 6.42 Å². The second kappa shape index (κ2) is 4.30. The van der Waals surface area contributed by atoms with E-state index < -0.39 is 0 Å². The molecule has 0 atom stereocenters. The average Bonchev–Trinajstić information content (AvgIpc) is 2.65. The predicted molar refractivity (Wildman–Crippen MR) is 67.6 cm³/mol. The topological polar surface area (TPSA) is 27.8 Å². The Hall–Kier alpha value is -1.28. The molecule has 0 spiro atoms. The van der Waals surface area contributed by atoms with E-state index in [2.05, 4.69) is 40.8 Å². The number of hydrogen-bond acceptors (Lipinski definition) is 1. The van der Waals surface area contributed by atoms with Crippen molar-refractivity contribution >= 4 is 10.9 Å². The van der Waals surface area contributed by atoms with E-state index in [1.54, 1.807) is 0 Å². The molecular weight excluding hydrogens is 196 g/mol. The van der Waals surface area contributed by atoms with Crippen LogP contribution in [0.15, 0.2) is 30.5 Å². The number of fused-ring (bicyclic) bond motifs is 1. The van der Waals surface area contributed by atoms with E-state index in [0.29, 0.717) is 0 Å². The van der Waals surface area contributed by atoms with Gasteiger partial charge in [-0.3, -0.25) is 0 Å². The van der Waals surface area contributed by atoms with Gasteiger partial charge in [0.2, 0.25) is 0 Å².